The van der Waals surface area contributed by atoms with E-state index in [4.69, 9.17) is 22.3 Å². The first-order valence-electron chi connectivity index (χ1n) is 15.9. The summed E-state index contributed by atoms with van der Waals surface area (Å²) in [6, 6.07) is 25.6. The zero-order valence-electron chi connectivity index (χ0n) is 27.5. The number of aromatic nitrogens is 9. The number of nitrogen functional groups attached to an aromatic ring is 1. The van der Waals surface area contributed by atoms with Crippen molar-refractivity contribution in [3.8, 4) is 22.5 Å². The first kappa shape index (κ1) is 34.8. The Kier molecular flexibility index (Phi) is 10.5. The van der Waals surface area contributed by atoms with Crippen molar-refractivity contribution in [2.45, 2.75) is 13.1 Å². The Morgan fingerprint density at radius 3 is 1.87 bits per heavy atom. The quantitative estimate of drug-likeness (QED) is 0.112. The predicted molar refractivity (Wildman–Crippen MR) is 212 cm³/mol. The van der Waals surface area contributed by atoms with Crippen LogP contribution in [0, 0.1) is 0 Å². The molecule has 5 N–H and O–H groups in total. The summed E-state index contributed by atoms with van der Waals surface area (Å²) in [5.41, 5.74) is 12.5. The molecule has 6 heterocycles. The smallest absolute Gasteiger partial charge is 0.219 e. The van der Waals surface area contributed by atoms with Crippen molar-refractivity contribution >= 4 is 78.2 Å². The van der Waals surface area contributed by atoms with Gasteiger partial charge in [-0.1, -0.05) is 66.2 Å². The Hall–Kier alpha value is -5.64. The van der Waals surface area contributed by atoms with Crippen LogP contribution in [0.3, 0.4) is 0 Å². The third kappa shape index (κ3) is 7.81. The lowest BCUT2D eigenvalue weighted by Crippen LogP contribution is -2.07. The van der Waals surface area contributed by atoms with Gasteiger partial charge in [0.25, 0.3) is 0 Å². The van der Waals surface area contributed by atoms with Crippen LogP contribution in [0.4, 0.5) is 23.4 Å². The minimum Gasteiger partial charge on any atom is -0.373 e. The van der Waals surface area contributed by atoms with Crippen LogP contribution in [0.1, 0.15) is 11.1 Å². The van der Waals surface area contributed by atoms with Gasteiger partial charge in [0.1, 0.15) is 17.5 Å². The minimum atomic E-state index is 0.247. The number of hydrogen-bond donors (Lipinski definition) is 4. The van der Waals surface area contributed by atoms with Crippen LogP contribution in [0.15, 0.2) is 119 Å². The van der Waals surface area contributed by atoms with Crippen molar-refractivity contribution in [2.75, 3.05) is 28.7 Å². The average molecular weight is 840 g/mol. The van der Waals surface area contributed by atoms with Gasteiger partial charge in [-0.3, -0.25) is 0 Å². The Balaban J connectivity index is 0.000000162. The maximum atomic E-state index is 6.34. The second kappa shape index (κ2) is 15.7. The van der Waals surface area contributed by atoms with Crippen molar-refractivity contribution in [1.29, 1.82) is 0 Å². The number of nitrogens with one attached hydrogen (secondary N) is 3. The first-order chi connectivity index (χ1) is 25.4. The Morgan fingerprint density at radius 1 is 0.673 bits per heavy atom. The predicted octanol–water partition coefficient (Wildman–Crippen LogP) is 8.00. The van der Waals surface area contributed by atoms with E-state index in [0.717, 1.165) is 65.7 Å². The van der Waals surface area contributed by atoms with Gasteiger partial charge in [-0.15, -0.1) is 0 Å². The van der Waals surface area contributed by atoms with Gasteiger partial charge in [0.2, 0.25) is 5.95 Å². The highest BCUT2D eigenvalue weighted by Gasteiger charge is 2.14. The summed E-state index contributed by atoms with van der Waals surface area (Å²) < 4.78 is 5.18. The SMILES string of the molecule is CNc1ccc(CNc2cc(-c3ccccc3)nc3c(Br)cnn23)cn1.Nc1ncc(CNc2cc(-c3ccccc3Cl)nc3c(Br)cnn23)cn1. The Bertz CT molecular complexity index is 2450. The molecule has 0 aliphatic rings. The lowest BCUT2D eigenvalue weighted by atomic mass is 10.1. The van der Waals surface area contributed by atoms with E-state index in [2.05, 4.69) is 77.9 Å². The molecule has 0 saturated heterocycles. The first-order valence-corrected chi connectivity index (χ1v) is 17.9. The van der Waals surface area contributed by atoms with Gasteiger partial charge in [0.05, 0.1) is 32.7 Å². The maximum Gasteiger partial charge on any atom is 0.219 e. The van der Waals surface area contributed by atoms with Gasteiger partial charge in [0.15, 0.2) is 11.3 Å². The van der Waals surface area contributed by atoms with Crippen molar-refractivity contribution < 1.29 is 0 Å². The van der Waals surface area contributed by atoms with Gasteiger partial charge in [-0.05, 0) is 49.6 Å². The molecule has 0 aliphatic heterocycles. The summed E-state index contributed by atoms with van der Waals surface area (Å²) in [6.07, 6.45) is 8.68. The lowest BCUT2D eigenvalue weighted by molar-refractivity contribution is 0.923. The van der Waals surface area contributed by atoms with Crippen molar-refractivity contribution in [3.05, 3.63) is 135 Å². The molecule has 8 aromatic rings. The number of rotatable bonds is 9. The zero-order chi connectivity index (χ0) is 36.0. The van der Waals surface area contributed by atoms with Gasteiger partial charge in [0, 0.05) is 72.6 Å². The topological polar surface area (TPSA) is 161 Å². The average Bonchev–Trinajstić information content (AvgIpc) is 3.76. The lowest BCUT2D eigenvalue weighted by Gasteiger charge is -2.11. The molecule has 0 radical (unpaired) electrons. The highest BCUT2D eigenvalue weighted by molar-refractivity contribution is 9.11. The van der Waals surface area contributed by atoms with Gasteiger partial charge < -0.3 is 21.7 Å². The van der Waals surface area contributed by atoms with Crippen LogP contribution in [-0.4, -0.2) is 51.2 Å². The molecule has 2 aromatic carbocycles. The fourth-order valence-electron chi connectivity index (χ4n) is 5.21. The minimum absolute atomic E-state index is 0.247. The Labute approximate surface area is 320 Å². The molecule has 0 saturated carbocycles. The van der Waals surface area contributed by atoms with E-state index in [-0.39, 0.29) is 5.95 Å². The molecule has 6 aromatic heterocycles. The van der Waals surface area contributed by atoms with Gasteiger partial charge >= 0.3 is 0 Å². The number of halogens is 3. The number of hydrogen-bond acceptors (Lipinski definition) is 11. The van der Waals surface area contributed by atoms with E-state index in [1.54, 1.807) is 33.8 Å². The number of nitrogens with zero attached hydrogens (tertiary/aromatic N) is 9. The van der Waals surface area contributed by atoms with Crippen LogP contribution in [-0.2, 0) is 13.1 Å². The van der Waals surface area contributed by atoms with Gasteiger partial charge in [-0.25, -0.2) is 24.9 Å². The molecule has 52 heavy (non-hydrogen) atoms. The summed E-state index contributed by atoms with van der Waals surface area (Å²) in [5.74, 6) is 2.74. The van der Waals surface area contributed by atoms with Gasteiger partial charge in [-0.2, -0.15) is 19.2 Å². The van der Waals surface area contributed by atoms with E-state index in [9.17, 15) is 0 Å². The molecule has 0 spiro atoms. The highest BCUT2D eigenvalue weighted by Crippen LogP contribution is 2.31. The zero-order valence-corrected chi connectivity index (χ0v) is 31.5. The van der Waals surface area contributed by atoms with Crippen molar-refractivity contribution in [3.63, 3.8) is 0 Å². The number of benzene rings is 2. The number of anilines is 4. The summed E-state index contributed by atoms with van der Waals surface area (Å²) in [5, 5.41) is 19.2. The number of nitrogens with two attached hydrogens (primary N) is 1. The molecule has 0 bridgehead atoms. The molecule has 260 valence electrons. The molecule has 13 nitrogen and oxygen atoms in total. The fraction of sp³-hybridized carbons (Fsp3) is 0.0833. The van der Waals surface area contributed by atoms with E-state index < -0.39 is 0 Å². The molecule has 16 heteroatoms. The number of fused-ring (bicyclic) bond motifs is 2. The van der Waals surface area contributed by atoms with Crippen LogP contribution < -0.4 is 21.7 Å². The largest absolute Gasteiger partial charge is 0.373 e. The summed E-state index contributed by atoms with van der Waals surface area (Å²) >= 11 is 13.4. The third-order valence-electron chi connectivity index (χ3n) is 7.83. The molecular formula is C36H30Br2ClN13. The van der Waals surface area contributed by atoms with E-state index in [1.807, 2.05) is 92.1 Å². The van der Waals surface area contributed by atoms with Crippen molar-refractivity contribution in [2.24, 2.45) is 0 Å². The third-order valence-corrected chi connectivity index (χ3v) is 9.28. The monoisotopic (exact) mass is 837 g/mol. The molecule has 0 amide bonds. The molecular weight excluding hydrogens is 810 g/mol. The molecule has 0 atom stereocenters. The second-order valence-electron chi connectivity index (χ2n) is 11.3. The molecule has 8 rings (SSSR count). The standard InChI is InChI=1S/C19H17BrN6.C17H13BrClN7/c1-21-17-8-7-13(10-22-17)11-23-18-9-16(14-5-3-2-4-6-14)25-19-15(20)12-24-26(18)19;18-12-9-24-26-15(21-6-10-7-22-17(20)23-8-10)5-14(25-16(12)26)11-3-1-2-4-13(11)19/h2-10,12,23H,11H2,1H3,(H,21,22);1-5,7-9,21H,6H2,(H2,20,22,23). The fourth-order valence-corrected chi connectivity index (χ4v) is 6.13. The van der Waals surface area contributed by atoms with Crippen LogP contribution in [0.5, 0.6) is 0 Å². The summed E-state index contributed by atoms with van der Waals surface area (Å²) in [7, 11) is 1.86. The Morgan fingerprint density at radius 2 is 1.25 bits per heavy atom. The van der Waals surface area contributed by atoms with E-state index in [1.165, 1.54) is 0 Å². The second-order valence-corrected chi connectivity index (χ2v) is 13.4. The molecule has 0 fully saturated rings. The highest BCUT2D eigenvalue weighted by atomic mass is 79.9. The summed E-state index contributed by atoms with van der Waals surface area (Å²) in [4.78, 5) is 21.8. The van der Waals surface area contributed by atoms with Crippen molar-refractivity contribution in [1.82, 2.24) is 44.1 Å². The van der Waals surface area contributed by atoms with Crippen LogP contribution in [0.25, 0.3) is 33.8 Å². The maximum absolute atomic E-state index is 6.34. The van der Waals surface area contributed by atoms with E-state index >= 15 is 0 Å². The van der Waals surface area contributed by atoms with Crippen LogP contribution in [0.2, 0.25) is 5.02 Å². The molecule has 0 unspecified atom stereocenters. The number of pyridine rings is 1. The summed E-state index contributed by atoms with van der Waals surface area (Å²) in [6.45, 7) is 1.15. The molecule has 0 aliphatic carbocycles. The van der Waals surface area contributed by atoms with E-state index in [0.29, 0.717) is 23.8 Å². The van der Waals surface area contributed by atoms with Crippen LogP contribution >= 0.6 is 43.5 Å². The normalized spacial score (nSPS) is 10.9.